The Morgan fingerprint density at radius 1 is 1.25 bits per heavy atom. The van der Waals surface area contributed by atoms with Gasteiger partial charge in [-0.25, -0.2) is 0 Å². The summed E-state index contributed by atoms with van der Waals surface area (Å²) in [5.41, 5.74) is 5.97. The summed E-state index contributed by atoms with van der Waals surface area (Å²) >= 11 is 17.2. The molecule has 0 fully saturated rings. The van der Waals surface area contributed by atoms with Crippen LogP contribution in [0, 0.1) is 6.92 Å². The first-order valence-corrected chi connectivity index (χ1v) is 7.20. The van der Waals surface area contributed by atoms with Crippen molar-refractivity contribution in [2.24, 2.45) is 5.73 Å². The lowest BCUT2D eigenvalue weighted by molar-refractivity contribution is -0.123. The fraction of sp³-hybridized carbons (Fsp3) is 0.429. The van der Waals surface area contributed by atoms with Crippen LogP contribution in [0.4, 0.5) is 0 Å². The minimum Gasteiger partial charge on any atom is -0.366 e. The minimum absolute atomic E-state index is 0.360. The molecule has 0 radical (unpaired) electrons. The van der Waals surface area contributed by atoms with Crippen molar-refractivity contribution in [3.8, 4) is 0 Å². The van der Waals surface area contributed by atoms with Gasteiger partial charge in [0.05, 0.1) is 5.41 Å². The van der Waals surface area contributed by atoms with E-state index in [4.69, 9.17) is 40.5 Å². The van der Waals surface area contributed by atoms with Crippen LogP contribution >= 0.6 is 34.8 Å². The van der Waals surface area contributed by atoms with Crippen molar-refractivity contribution in [2.45, 2.75) is 36.4 Å². The fourth-order valence-electron chi connectivity index (χ4n) is 2.29. The van der Waals surface area contributed by atoms with E-state index >= 15 is 0 Å². The zero-order valence-corrected chi connectivity index (χ0v) is 13.7. The monoisotopic (exact) mass is 335 g/mol. The topological polar surface area (TPSA) is 60.2 Å². The molecule has 0 saturated heterocycles. The number of hydrogen-bond donors (Lipinski definition) is 1. The molecular weight excluding hydrogens is 321 g/mol. The van der Waals surface area contributed by atoms with Crippen LogP contribution in [0.25, 0.3) is 0 Å². The zero-order valence-electron chi connectivity index (χ0n) is 11.5. The van der Waals surface area contributed by atoms with Gasteiger partial charge in [0.1, 0.15) is 0 Å². The van der Waals surface area contributed by atoms with Gasteiger partial charge in [0, 0.05) is 5.56 Å². The maximum absolute atomic E-state index is 12.4. The molecule has 1 unspecified atom stereocenters. The number of carbonyl (C=O) groups excluding carboxylic acids is 2. The maximum atomic E-state index is 12.4. The first kappa shape index (κ1) is 17.3. The standard InChI is InChI=1S/C14H16Cl3NO2/c1-4-13(3,12(20)14(15,16)17)10-7-5-6-9(8(10)2)11(18)19/h5-7H,4H2,1-3H3,(H2,18,19). The van der Waals surface area contributed by atoms with Crippen molar-refractivity contribution in [2.75, 3.05) is 0 Å². The number of benzene rings is 1. The number of amides is 1. The quantitative estimate of drug-likeness (QED) is 0.852. The molecule has 0 aliphatic carbocycles. The Bertz CT molecular complexity index is 552. The van der Waals surface area contributed by atoms with Crippen molar-refractivity contribution in [1.82, 2.24) is 0 Å². The van der Waals surface area contributed by atoms with Crippen LogP contribution in [0.1, 0.15) is 41.8 Å². The third-order valence-electron chi connectivity index (χ3n) is 3.66. The summed E-state index contributed by atoms with van der Waals surface area (Å²) in [6, 6.07) is 5.03. The zero-order chi connectivity index (χ0) is 15.7. The molecule has 0 saturated carbocycles. The summed E-state index contributed by atoms with van der Waals surface area (Å²) in [5, 5.41) is 0. The van der Waals surface area contributed by atoms with Crippen LogP contribution < -0.4 is 5.73 Å². The second-order valence-corrected chi connectivity index (χ2v) is 7.14. The average molecular weight is 337 g/mol. The van der Waals surface area contributed by atoms with Crippen LogP contribution in [0.5, 0.6) is 0 Å². The van der Waals surface area contributed by atoms with E-state index in [2.05, 4.69) is 0 Å². The molecule has 0 aromatic heterocycles. The largest absolute Gasteiger partial charge is 0.366 e. The smallest absolute Gasteiger partial charge is 0.249 e. The summed E-state index contributed by atoms with van der Waals surface area (Å²) in [5.74, 6) is -1.08. The SMILES string of the molecule is CCC(C)(C(=O)C(Cl)(Cl)Cl)c1cccc(C(N)=O)c1C. The van der Waals surface area contributed by atoms with E-state index in [1.807, 2.05) is 6.92 Å². The lowest BCUT2D eigenvalue weighted by Crippen LogP contribution is -2.41. The number of Topliss-reactive ketones (excluding diaryl/α,β-unsaturated/α-hetero) is 1. The van der Waals surface area contributed by atoms with E-state index in [1.165, 1.54) is 0 Å². The van der Waals surface area contributed by atoms with Gasteiger partial charge in [-0.1, -0.05) is 53.9 Å². The molecule has 0 heterocycles. The Morgan fingerprint density at radius 2 is 1.80 bits per heavy atom. The molecular formula is C14H16Cl3NO2. The molecule has 20 heavy (non-hydrogen) atoms. The summed E-state index contributed by atoms with van der Waals surface area (Å²) in [7, 11) is 0. The molecule has 1 atom stereocenters. The van der Waals surface area contributed by atoms with Gasteiger partial charge in [-0.05, 0) is 37.5 Å². The molecule has 0 aliphatic rings. The number of ketones is 1. The van der Waals surface area contributed by atoms with Gasteiger partial charge < -0.3 is 5.73 Å². The molecule has 1 aromatic rings. The van der Waals surface area contributed by atoms with E-state index in [0.29, 0.717) is 23.1 Å². The van der Waals surface area contributed by atoms with E-state index < -0.39 is 20.9 Å². The normalized spacial score (nSPS) is 14.7. The van der Waals surface area contributed by atoms with Crippen LogP contribution in [0.2, 0.25) is 0 Å². The number of primary amides is 1. The highest BCUT2D eigenvalue weighted by molar-refractivity contribution is 6.76. The van der Waals surface area contributed by atoms with Gasteiger partial charge in [-0.2, -0.15) is 0 Å². The van der Waals surface area contributed by atoms with Gasteiger partial charge in [0.25, 0.3) is 0 Å². The Morgan fingerprint density at radius 3 is 2.20 bits per heavy atom. The number of nitrogens with two attached hydrogens (primary N) is 1. The molecule has 0 spiro atoms. The lowest BCUT2D eigenvalue weighted by Gasteiger charge is -2.32. The van der Waals surface area contributed by atoms with Crippen LogP contribution in [-0.4, -0.2) is 15.5 Å². The summed E-state index contributed by atoms with van der Waals surface area (Å²) in [6.45, 7) is 5.25. The van der Waals surface area contributed by atoms with Crippen LogP contribution in [0.15, 0.2) is 18.2 Å². The summed E-state index contributed by atoms with van der Waals surface area (Å²) < 4.78 is -2.01. The highest BCUT2D eigenvalue weighted by Crippen LogP contribution is 2.41. The lowest BCUT2D eigenvalue weighted by atomic mass is 9.74. The van der Waals surface area contributed by atoms with Crippen LogP contribution in [-0.2, 0) is 10.2 Å². The Labute approximate surface area is 133 Å². The van der Waals surface area contributed by atoms with Crippen molar-refractivity contribution in [3.05, 3.63) is 34.9 Å². The van der Waals surface area contributed by atoms with Gasteiger partial charge in [0.15, 0.2) is 5.78 Å². The fourth-order valence-corrected chi connectivity index (χ4v) is 2.91. The van der Waals surface area contributed by atoms with Crippen molar-refractivity contribution in [1.29, 1.82) is 0 Å². The van der Waals surface area contributed by atoms with Crippen molar-refractivity contribution < 1.29 is 9.59 Å². The molecule has 2 N–H and O–H groups in total. The Balaban J connectivity index is 3.51. The number of carbonyl (C=O) groups is 2. The molecule has 110 valence electrons. The van der Waals surface area contributed by atoms with Crippen molar-refractivity contribution >= 4 is 46.5 Å². The van der Waals surface area contributed by atoms with Gasteiger partial charge in [0.2, 0.25) is 9.70 Å². The molecule has 6 heteroatoms. The Hall–Kier alpha value is -0.770. The highest BCUT2D eigenvalue weighted by atomic mass is 35.6. The summed E-state index contributed by atoms with van der Waals surface area (Å²) in [6.07, 6.45) is 0.433. The second-order valence-electron chi connectivity index (χ2n) is 4.85. The molecule has 1 amide bonds. The van der Waals surface area contributed by atoms with Crippen molar-refractivity contribution in [3.63, 3.8) is 0 Å². The molecule has 3 nitrogen and oxygen atoms in total. The highest BCUT2D eigenvalue weighted by Gasteiger charge is 2.45. The molecule has 0 aliphatic heterocycles. The third kappa shape index (κ3) is 3.11. The third-order valence-corrected chi connectivity index (χ3v) is 4.17. The van der Waals surface area contributed by atoms with E-state index in [9.17, 15) is 9.59 Å². The second kappa shape index (κ2) is 5.92. The minimum atomic E-state index is -2.01. The number of halogens is 3. The van der Waals surface area contributed by atoms with E-state index in [1.54, 1.807) is 32.0 Å². The van der Waals surface area contributed by atoms with Gasteiger partial charge in [-0.3, -0.25) is 9.59 Å². The molecule has 0 bridgehead atoms. The number of rotatable bonds is 4. The first-order chi connectivity index (χ1) is 9.05. The van der Waals surface area contributed by atoms with Gasteiger partial charge >= 0.3 is 0 Å². The molecule has 1 aromatic carbocycles. The van der Waals surface area contributed by atoms with E-state index in [-0.39, 0.29) is 0 Å². The maximum Gasteiger partial charge on any atom is 0.249 e. The number of hydrogen-bond acceptors (Lipinski definition) is 2. The predicted molar refractivity (Wildman–Crippen MR) is 82.6 cm³/mol. The van der Waals surface area contributed by atoms with Crippen LogP contribution in [0.3, 0.4) is 0 Å². The van der Waals surface area contributed by atoms with Gasteiger partial charge in [-0.15, -0.1) is 0 Å². The Kier molecular flexibility index (Phi) is 5.12. The number of alkyl halides is 3. The first-order valence-electron chi connectivity index (χ1n) is 6.07. The average Bonchev–Trinajstić information content (AvgIpc) is 2.35. The predicted octanol–water partition coefficient (Wildman–Crippen LogP) is 3.70. The van der Waals surface area contributed by atoms with E-state index in [0.717, 1.165) is 0 Å². The molecule has 1 rings (SSSR count). The summed E-state index contributed by atoms with van der Waals surface area (Å²) in [4.78, 5) is 23.9.